The van der Waals surface area contributed by atoms with Crippen molar-refractivity contribution in [2.45, 2.75) is 71.2 Å². The Morgan fingerprint density at radius 2 is 1.70 bits per heavy atom. The minimum absolute atomic E-state index is 0.317. The maximum Gasteiger partial charge on any atom is 0.407 e. The lowest BCUT2D eigenvalue weighted by Gasteiger charge is -2.37. The third-order valence-corrected chi connectivity index (χ3v) is 7.63. The van der Waals surface area contributed by atoms with E-state index >= 15 is 0 Å². The highest BCUT2D eigenvalue weighted by molar-refractivity contribution is 6.72. The topological polar surface area (TPSA) is 84.9 Å². The quantitative estimate of drug-likeness (QED) is 0.546. The van der Waals surface area contributed by atoms with Crippen LogP contribution in [0.5, 0.6) is 0 Å². The van der Waals surface area contributed by atoms with E-state index in [0.29, 0.717) is 19.4 Å². The molecule has 0 aliphatic heterocycles. The Morgan fingerprint density at radius 3 is 2.09 bits per heavy atom. The lowest BCUT2D eigenvalue weighted by atomic mass is 9.93. The summed E-state index contributed by atoms with van der Waals surface area (Å²) in [6, 6.07) is 0. The van der Waals surface area contributed by atoms with Gasteiger partial charge in [0.1, 0.15) is 5.60 Å². The Hall–Kier alpha value is -1.08. The molecule has 0 aliphatic rings. The minimum atomic E-state index is -2.42. The molecule has 136 valence electrons. The Labute approximate surface area is 141 Å². The van der Waals surface area contributed by atoms with Gasteiger partial charge in [-0.3, -0.25) is 4.79 Å². The molecule has 1 atom stereocenters. The van der Waals surface area contributed by atoms with Crippen LogP contribution in [0.1, 0.15) is 47.5 Å². The van der Waals surface area contributed by atoms with E-state index in [1.54, 1.807) is 20.8 Å². The lowest BCUT2D eigenvalue weighted by molar-refractivity contribution is -0.146. The van der Waals surface area contributed by atoms with Gasteiger partial charge >= 0.3 is 12.1 Å². The Balaban J connectivity index is 4.66. The van der Waals surface area contributed by atoms with E-state index < -0.39 is 20.0 Å². The second-order valence-electron chi connectivity index (χ2n) is 8.08. The number of rotatable bonds is 7. The van der Waals surface area contributed by atoms with Gasteiger partial charge < -0.3 is 19.6 Å². The van der Waals surface area contributed by atoms with Gasteiger partial charge in [-0.05, 0) is 51.7 Å². The van der Waals surface area contributed by atoms with Gasteiger partial charge in [0.25, 0.3) is 0 Å². The molecule has 0 heterocycles. The standard InChI is InChI=1S/C16H33NO5Si/c1-15(2,3)22-14(19)17-10-9-12(13(18)21-6)11-16(4,5)23(7,8)20/h12,20H,9-11H2,1-8H3,(H,17,19). The fourth-order valence-corrected chi connectivity index (χ4v) is 2.74. The Morgan fingerprint density at radius 1 is 1.17 bits per heavy atom. The summed E-state index contributed by atoms with van der Waals surface area (Å²) in [5.41, 5.74) is -0.555. The summed E-state index contributed by atoms with van der Waals surface area (Å²) in [4.78, 5) is 34.0. The van der Waals surface area contributed by atoms with Crippen molar-refractivity contribution < 1.29 is 23.9 Å². The zero-order valence-corrected chi connectivity index (χ0v) is 16.8. The highest BCUT2D eigenvalue weighted by Crippen LogP contribution is 2.42. The molecule has 0 saturated heterocycles. The van der Waals surface area contributed by atoms with Gasteiger partial charge in [-0.25, -0.2) is 4.79 Å². The summed E-state index contributed by atoms with van der Waals surface area (Å²) in [7, 11) is -1.07. The monoisotopic (exact) mass is 347 g/mol. The molecule has 1 unspecified atom stereocenters. The average molecular weight is 348 g/mol. The number of carbonyl (C=O) groups excluding carboxylic acids is 2. The molecule has 0 fully saturated rings. The smallest absolute Gasteiger partial charge is 0.407 e. The van der Waals surface area contributed by atoms with Gasteiger partial charge in [0.15, 0.2) is 8.32 Å². The van der Waals surface area contributed by atoms with E-state index in [0.717, 1.165) is 0 Å². The molecule has 0 spiro atoms. The van der Waals surface area contributed by atoms with Crippen molar-refractivity contribution >= 4 is 20.4 Å². The van der Waals surface area contributed by atoms with E-state index in [9.17, 15) is 14.4 Å². The van der Waals surface area contributed by atoms with Gasteiger partial charge in [-0.1, -0.05) is 13.8 Å². The van der Waals surface area contributed by atoms with Crippen molar-refractivity contribution in [2.24, 2.45) is 5.92 Å². The van der Waals surface area contributed by atoms with Crippen LogP contribution in [-0.4, -0.2) is 44.4 Å². The van der Waals surface area contributed by atoms with Crippen molar-refractivity contribution in [2.75, 3.05) is 13.7 Å². The molecule has 0 aromatic carbocycles. The highest BCUT2D eigenvalue weighted by atomic mass is 28.4. The fourth-order valence-electron chi connectivity index (χ4n) is 2.00. The van der Waals surface area contributed by atoms with Crippen LogP contribution >= 0.6 is 0 Å². The predicted octanol–water partition coefficient (Wildman–Crippen LogP) is 3.06. The number of amides is 1. The first-order valence-electron chi connectivity index (χ1n) is 7.96. The van der Waals surface area contributed by atoms with Crippen LogP contribution in [0.2, 0.25) is 18.1 Å². The summed E-state index contributed by atoms with van der Waals surface area (Å²) in [6.07, 6.45) is 0.461. The van der Waals surface area contributed by atoms with Crippen molar-refractivity contribution in [3.05, 3.63) is 0 Å². The molecule has 0 aromatic heterocycles. The molecule has 23 heavy (non-hydrogen) atoms. The first kappa shape index (κ1) is 21.9. The lowest BCUT2D eigenvalue weighted by Crippen LogP contribution is -2.41. The first-order chi connectivity index (χ1) is 10.2. The third-order valence-electron chi connectivity index (χ3n) is 4.11. The summed E-state index contributed by atoms with van der Waals surface area (Å²) < 4.78 is 10.0. The molecule has 0 saturated carbocycles. The predicted molar refractivity (Wildman–Crippen MR) is 92.7 cm³/mol. The van der Waals surface area contributed by atoms with Crippen LogP contribution in [0.15, 0.2) is 0 Å². The van der Waals surface area contributed by atoms with Crippen LogP contribution in [0, 0.1) is 5.92 Å². The van der Waals surface area contributed by atoms with Crippen molar-refractivity contribution in [3.63, 3.8) is 0 Å². The maximum atomic E-state index is 12.0. The summed E-state index contributed by atoms with van der Waals surface area (Å²) in [5.74, 6) is -0.689. The molecular weight excluding hydrogens is 314 g/mol. The number of alkyl carbamates (subject to hydrolysis) is 1. The molecule has 1 amide bonds. The van der Waals surface area contributed by atoms with E-state index in [1.165, 1.54) is 7.11 Å². The van der Waals surface area contributed by atoms with Gasteiger partial charge in [0.2, 0.25) is 0 Å². The van der Waals surface area contributed by atoms with Crippen molar-refractivity contribution in [1.82, 2.24) is 5.32 Å². The molecule has 0 rings (SSSR count). The summed E-state index contributed by atoms with van der Waals surface area (Å²) in [6.45, 7) is 13.4. The number of methoxy groups -OCH3 is 1. The molecule has 0 radical (unpaired) electrons. The van der Waals surface area contributed by atoms with Crippen LogP contribution < -0.4 is 5.32 Å². The summed E-state index contributed by atoms with van der Waals surface area (Å²) in [5, 5.41) is 2.32. The van der Waals surface area contributed by atoms with Gasteiger partial charge in [0, 0.05) is 6.54 Å². The van der Waals surface area contributed by atoms with E-state index in [4.69, 9.17) is 9.47 Å². The van der Waals surface area contributed by atoms with Crippen molar-refractivity contribution in [3.8, 4) is 0 Å². The van der Waals surface area contributed by atoms with Gasteiger partial charge in [-0.2, -0.15) is 0 Å². The van der Waals surface area contributed by atoms with Gasteiger partial charge in [-0.15, -0.1) is 0 Å². The molecule has 0 bridgehead atoms. The van der Waals surface area contributed by atoms with Crippen LogP contribution in [0.4, 0.5) is 4.79 Å². The van der Waals surface area contributed by atoms with E-state index in [-0.39, 0.29) is 16.9 Å². The zero-order valence-electron chi connectivity index (χ0n) is 15.8. The number of ether oxygens (including phenoxy) is 2. The largest absolute Gasteiger partial charge is 0.469 e. The SMILES string of the molecule is COC(=O)C(CCNC(=O)OC(C)(C)C)CC(C)(C)[Si](C)(C)O. The molecular formula is C16H33NO5Si. The second kappa shape index (κ2) is 8.15. The Bertz CT molecular complexity index is 410. The van der Waals surface area contributed by atoms with Crippen LogP contribution in [-0.2, 0) is 14.3 Å². The number of hydrogen-bond acceptors (Lipinski definition) is 5. The number of carbonyl (C=O) groups is 2. The maximum absolute atomic E-state index is 12.0. The molecule has 0 aromatic rings. The third kappa shape index (κ3) is 8.36. The van der Waals surface area contributed by atoms with Crippen LogP contribution in [0.3, 0.4) is 0 Å². The average Bonchev–Trinajstić information content (AvgIpc) is 2.32. The van der Waals surface area contributed by atoms with Crippen LogP contribution in [0.25, 0.3) is 0 Å². The number of esters is 1. The summed E-state index contributed by atoms with van der Waals surface area (Å²) >= 11 is 0. The van der Waals surface area contributed by atoms with E-state index in [1.807, 2.05) is 26.9 Å². The molecule has 0 aliphatic carbocycles. The molecule has 2 N–H and O–H groups in total. The fraction of sp³-hybridized carbons (Fsp3) is 0.875. The molecule has 6 nitrogen and oxygen atoms in total. The highest BCUT2D eigenvalue weighted by Gasteiger charge is 2.41. The first-order valence-corrected chi connectivity index (χ1v) is 10.9. The van der Waals surface area contributed by atoms with Gasteiger partial charge in [0.05, 0.1) is 13.0 Å². The van der Waals surface area contributed by atoms with Crippen molar-refractivity contribution in [1.29, 1.82) is 0 Å². The minimum Gasteiger partial charge on any atom is -0.469 e. The Kier molecular flexibility index (Phi) is 7.76. The normalized spacial score (nSPS) is 14.1. The van der Waals surface area contributed by atoms with E-state index in [2.05, 4.69) is 5.32 Å². The number of nitrogens with one attached hydrogen (secondary N) is 1. The zero-order chi connectivity index (χ0) is 18.5. The molecule has 7 heteroatoms. The second-order valence-corrected chi connectivity index (χ2v) is 12.6. The number of hydrogen-bond donors (Lipinski definition) is 2.